The van der Waals surface area contributed by atoms with E-state index in [9.17, 15) is 14.7 Å². The highest BCUT2D eigenvalue weighted by Crippen LogP contribution is 2.32. The summed E-state index contributed by atoms with van der Waals surface area (Å²) < 4.78 is 0. The van der Waals surface area contributed by atoms with Crippen LogP contribution in [0, 0.1) is 5.92 Å². The maximum atomic E-state index is 11.7. The van der Waals surface area contributed by atoms with Crippen LogP contribution < -0.4 is 10.6 Å². The van der Waals surface area contributed by atoms with Gasteiger partial charge in [0.15, 0.2) is 0 Å². The summed E-state index contributed by atoms with van der Waals surface area (Å²) in [5.41, 5.74) is -1.04. The zero-order valence-corrected chi connectivity index (χ0v) is 10.6. The van der Waals surface area contributed by atoms with E-state index in [1.807, 2.05) is 6.92 Å². The third-order valence-electron chi connectivity index (χ3n) is 3.39. The van der Waals surface area contributed by atoms with E-state index in [1.54, 1.807) is 7.05 Å². The number of hydrogen-bond donors (Lipinski definition) is 3. The third-order valence-corrected chi connectivity index (χ3v) is 3.39. The summed E-state index contributed by atoms with van der Waals surface area (Å²) in [6.45, 7) is 2.60. The van der Waals surface area contributed by atoms with Gasteiger partial charge in [-0.05, 0) is 25.8 Å². The number of carboxylic acid groups (broad SMARTS) is 1. The minimum Gasteiger partial charge on any atom is -0.480 e. The summed E-state index contributed by atoms with van der Waals surface area (Å²) in [6.07, 6.45) is 3.30. The van der Waals surface area contributed by atoms with Crippen molar-refractivity contribution >= 4 is 11.9 Å². The maximum Gasteiger partial charge on any atom is 0.329 e. The molecule has 2 unspecified atom stereocenters. The first kappa shape index (κ1) is 14.0. The van der Waals surface area contributed by atoms with Crippen molar-refractivity contribution in [1.29, 1.82) is 0 Å². The smallest absolute Gasteiger partial charge is 0.329 e. The Balaban J connectivity index is 2.65. The van der Waals surface area contributed by atoms with Crippen molar-refractivity contribution in [3.8, 4) is 0 Å². The number of carbonyl (C=O) groups excluding carboxylic acids is 1. The molecule has 0 aliphatic heterocycles. The second kappa shape index (κ2) is 6.00. The largest absolute Gasteiger partial charge is 0.480 e. The van der Waals surface area contributed by atoms with Gasteiger partial charge in [-0.25, -0.2) is 4.79 Å². The van der Waals surface area contributed by atoms with Crippen LogP contribution in [0.2, 0.25) is 0 Å². The minimum atomic E-state index is -1.04. The molecule has 1 rings (SSSR count). The fourth-order valence-corrected chi connectivity index (χ4v) is 2.48. The van der Waals surface area contributed by atoms with E-state index in [1.165, 1.54) is 0 Å². The fraction of sp³-hybridized carbons (Fsp3) is 0.833. The number of aliphatic carboxylic acids is 1. The average molecular weight is 242 g/mol. The number of carboxylic acids is 1. The van der Waals surface area contributed by atoms with Gasteiger partial charge in [-0.3, -0.25) is 4.79 Å². The molecule has 3 N–H and O–H groups in total. The molecule has 2 atom stereocenters. The van der Waals surface area contributed by atoms with E-state index in [0.717, 1.165) is 12.8 Å². The van der Waals surface area contributed by atoms with Gasteiger partial charge in [0, 0.05) is 13.0 Å². The molecule has 0 aromatic rings. The number of amides is 1. The van der Waals surface area contributed by atoms with Crippen LogP contribution in [0.15, 0.2) is 0 Å². The lowest BCUT2D eigenvalue weighted by Gasteiger charge is -2.37. The van der Waals surface area contributed by atoms with Crippen molar-refractivity contribution in [2.24, 2.45) is 5.92 Å². The number of carbonyl (C=O) groups is 2. The van der Waals surface area contributed by atoms with Gasteiger partial charge in [-0.15, -0.1) is 0 Å². The molecular formula is C12H22N2O3. The highest BCUT2D eigenvalue weighted by Gasteiger charge is 2.42. The van der Waals surface area contributed by atoms with E-state index < -0.39 is 11.5 Å². The van der Waals surface area contributed by atoms with Gasteiger partial charge in [0.25, 0.3) is 0 Å². The van der Waals surface area contributed by atoms with Gasteiger partial charge in [0.2, 0.25) is 5.91 Å². The standard InChI is InChI=1S/C12H22N2O3/c1-9-4-3-6-12(8-9,11(16)17)14-10(15)5-7-13-2/h9,13H,3-8H2,1-2H3,(H,14,15)(H,16,17). The molecule has 0 aromatic heterocycles. The molecule has 98 valence electrons. The zero-order chi connectivity index (χ0) is 12.9. The van der Waals surface area contributed by atoms with Gasteiger partial charge in [-0.1, -0.05) is 19.8 Å². The van der Waals surface area contributed by atoms with Crippen LogP contribution in [0.25, 0.3) is 0 Å². The van der Waals surface area contributed by atoms with Crippen LogP contribution in [0.5, 0.6) is 0 Å². The summed E-state index contributed by atoms with van der Waals surface area (Å²) in [5, 5.41) is 14.9. The van der Waals surface area contributed by atoms with Gasteiger partial charge < -0.3 is 15.7 Å². The van der Waals surface area contributed by atoms with E-state index >= 15 is 0 Å². The summed E-state index contributed by atoms with van der Waals surface area (Å²) >= 11 is 0. The third kappa shape index (κ3) is 3.70. The topological polar surface area (TPSA) is 78.4 Å². The van der Waals surface area contributed by atoms with Crippen molar-refractivity contribution < 1.29 is 14.7 Å². The Morgan fingerprint density at radius 2 is 2.18 bits per heavy atom. The summed E-state index contributed by atoms with van der Waals surface area (Å²) in [6, 6.07) is 0. The van der Waals surface area contributed by atoms with E-state index in [2.05, 4.69) is 10.6 Å². The molecule has 1 amide bonds. The molecule has 1 aliphatic carbocycles. The van der Waals surface area contributed by atoms with Crippen LogP contribution >= 0.6 is 0 Å². The van der Waals surface area contributed by atoms with Crippen LogP contribution in [0.1, 0.15) is 39.0 Å². The Labute approximate surface area is 102 Å². The Hall–Kier alpha value is -1.10. The van der Waals surface area contributed by atoms with Gasteiger partial charge in [0.1, 0.15) is 5.54 Å². The monoisotopic (exact) mass is 242 g/mol. The van der Waals surface area contributed by atoms with Crippen molar-refractivity contribution in [3.05, 3.63) is 0 Å². The fourth-order valence-electron chi connectivity index (χ4n) is 2.48. The molecule has 1 saturated carbocycles. The Bertz CT molecular complexity index is 293. The first-order valence-corrected chi connectivity index (χ1v) is 6.19. The molecular weight excluding hydrogens is 220 g/mol. The highest BCUT2D eigenvalue weighted by atomic mass is 16.4. The van der Waals surface area contributed by atoms with Gasteiger partial charge in [-0.2, -0.15) is 0 Å². The molecule has 17 heavy (non-hydrogen) atoms. The molecule has 5 nitrogen and oxygen atoms in total. The predicted octanol–water partition coefficient (Wildman–Crippen LogP) is 0.746. The van der Waals surface area contributed by atoms with Crippen LogP contribution in [-0.2, 0) is 9.59 Å². The lowest BCUT2D eigenvalue weighted by molar-refractivity contribution is -0.150. The van der Waals surface area contributed by atoms with Gasteiger partial charge in [0.05, 0.1) is 0 Å². The molecule has 1 aliphatic rings. The highest BCUT2D eigenvalue weighted by molar-refractivity contribution is 5.87. The summed E-state index contributed by atoms with van der Waals surface area (Å²) in [5.74, 6) is -0.734. The normalized spacial score (nSPS) is 28.7. The molecule has 0 bridgehead atoms. The molecule has 0 saturated heterocycles. The first-order valence-electron chi connectivity index (χ1n) is 6.19. The number of rotatable bonds is 5. The average Bonchev–Trinajstić information content (AvgIpc) is 2.26. The molecule has 0 aromatic carbocycles. The molecule has 0 heterocycles. The number of nitrogens with one attached hydrogen (secondary N) is 2. The maximum absolute atomic E-state index is 11.7. The second-order valence-electron chi connectivity index (χ2n) is 4.99. The van der Waals surface area contributed by atoms with Crippen LogP contribution in [-0.4, -0.2) is 36.1 Å². The molecule has 0 radical (unpaired) electrons. The zero-order valence-electron chi connectivity index (χ0n) is 10.6. The Morgan fingerprint density at radius 3 is 2.71 bits per heavy atom. The lowest BCUT2D eigenvalue weighted by atomic mass is 9.76. The minimum absolute atomic E-state index is 0.184. The quantitative estimate of drug-likeness (QED) is 0.664. The predicted molar refractivity (Wildman–Crippen MR) is 64.7 cm³/mol. The summed E-state index contributed by atoms with van der Waals surface area (Å²) in [7, 11) is 1.77. The summed E-state index contributed by atoms with van der Waals surface area (Å²) in [4.78, 5) is 23.1. The van der Waals surface area contributed by atoms with Crippen LogP contribution in [0.4, 0.5) is 0 Å². The van der Waals surface area contributed by atoms with E-state index in [4.69, 9.17) is 0 Å². The van der Waals surface area contributed by atoms with E-state index in [-0.39, 0.29) is 5.91 Å². The van der Waals surface area contributed by atoms with Crippen molar-refractivity contribution in [1.82, 2.24) is 10.6 Å². The van der Waals surface area contributed by atoms with Crippen molar-refractivity contribution in [2.45, 2.75) is 44.6 Å². The second-order valence-corrected chi connectivity index (χ2v) is 4.99. The lowest BCUT2D eigenvalue weighted by Crippen LogP contribution is -2.57. The molecule has 0 spiro atoms. The first-order chi connectivity index (χ1) is 8.00. The SMILES string of the molecule is CNCCC(=O)NC1(C(=O)O)CCCC(C)C1. The number of hydrogen-bond acceptors (Lipinski definition) is 3. The van der Waals surface area contributed by atoms with Gasteiger partial charge >= 0.3 is 5.97 Å². The Morgan fingerprint density at radius 1 is 1.47 bits per heavy atom. The molecule has 5 heteroatoms. The van der Waals surface area contributed by atoms with Crippen molar-refractivity contribution in [3.63, 3.8) is 0 Å². The van der Waals surface area contributed by atoms with E-state index in [0.29, 0.717) is 31.7 Å². The Kier molecular flexibility index (Phi) is 4.93. The molecule has 1 fully saturated rings. The van der Waals surface area contributed by atoms with Crippen LogP contribution in [0.3, 0.4) is 0 Å². The van der Waals surface area contributed by atoms with Crippen molar-refractivity contribution in [2.75, 3.05) is 13.6 Å².